The Kier molecular flexibility index (Phi) is 6.10. The van der Waals surface area contributed by atoms with E-state index in [0.717, 1.165) is 5.56 Å². The van der Waals surface area contributed by atoms with Gasteiger partial charge in [0.05, 0.1) is 17.0 Å². The number of pyridine rings is 1. The molecule has 0 aliphatic rings. The normalized spacial score (nSPS) is 12.2. The molecule has 1 N–H and O–H groups in total. The second-order valence-corrected chi connectivity index (χ2v) is 7.61. The van der Waals surface area contributed by atoms with Crippen molar-refractivity contribution in [1.29, 1.82) is 0 Å². The lowest BCUT2D eigenvalue weighted by atomic mass is 10.1. The van der Waals surface area contributed by atoms with E-state index in [1.54, 1.807) is 25.2 Å². The number of aromatic amines is 1. The van der Waals surface area contributed by atoms with Crippen molar-refractivity contribution in [2.24, 2.45) is 0 Å². The zero-order chi connectivity index (χ0) is 21.3. The quantitative estimate of drug-likeness (QED) is 0.663. The molecule has 1 unspecified atom stereocenters. The van der Waals surface area contributed by atoms with Gasteiger partial charge in [-0.1, -0.05) is 36.2 Å². The third kappa shape index (κ3) is 4.06. The average molecular weight is 435 g/mol. The van der Waals surface area contributed by atoms with Crippen LogP contribution >= 0.6 is 23.2 Å². The van der Waals surface area contributed by atoms with Gasteiger partial charge in [-0.25, -0.2) is 9.78 Å². The Morgan fingerprint density at radius 1 is 1.28 bits per heavy atom. The first-order valence-corrected chi connectivity index (χ1v) is 9.85. The number of hydrogen-bond acceptors (Lipinski definition) is 4. The van der Waals surface area contributed by atoms with Crippen molar-refractivity contribution in [1.82, 2.24) is 19.4 Å². The van der Waals surface area contributed by atoms with Gasteiger partial charge >= 0.3 is 5.69 Å². The molecule has 0 aliphatic heterocycles. The molecule has 7 nitrogen and oxygen atoms in total. The van der Waals surface area contributed by atoms with Gasteiger partial charge in [0, 0.05) is 29.8 Å². The van der Waals surface area contributed by atoms with Crippen molar-refractivity contribution in [2.75, 3.05) is 7.05 Å². The van der Waals surface area contributed by atoms with Gasteiger partial charge in [0.1, 0.15) is 5.65 Å². The minimum Gasteiger partial charge on any atom is -0.335 e. The minimum atomic E-state index is -0.573. The Balaban J connectivity index is 2.00. The Morgan fingerprint density at radius 3 is 2.66 bits per heavy atom. The zero-order valence-corrected chi connectivity index (χ0v) is 17.7. The summed E-state index contributed by atoms with van der Waals surface area (Å²) in [6, 6.07) is 6.22. The van der Waals surface area contributed by atoms with Crippen LogP contribution in [-0.2, 0) is 6.54 Å². The maximum Gasteiger partial charge on any atom is 0.329 e. The highest BCUT2D eigenvalue weighted by Crippen LogP contribution is 2.29. The van der Waals surface area contributed by atoms with Crippen LogP contribution in [0.2, 0.25) is 10.0 Å². The van der Waals surface area contributed by atoms with Crippen LogP contribution in [0.5, 0.6) is 0 Å². The van der Waals surface area contributed by atoms with E-state index in [1.807, 2.05) is 13.8 Å². The molecule has 1 amide bonds. The summed E-state index contributed by atoms with van der Waals surface area (Å²) >= 11 is 12.2. The van der Waals surface area contributed by atoms with E-state index in [2.05, 4.69) is 9.97 Å². The molecule has 2 heterocycles. The number of halogens is 2. The SMILES string of the molecule is CCCn1c(=O)[nH]c(=O)c2cc(C(=O)N(C)C(C)c3ccc(Cl)cc3Cl)cnc21. The summed E-state index contributed by atoms with van der Waals surface area (Å²) in [7, 11) is 1.64. The second kappa shape index (κ2) is 8.39. The van der Waals surface area contributed by atoms with E-state index in [0.29, 0.717) is 23.0 Å². The number of nitrogens with one attached hydrogen (secondary N) is 1. The van der Waals surface area contributed by atoms with Crippen LogP contribution in [-0.4, -0.2) is 32.4 Å². The van der Waals surface area contributed by atoms with Gasteiger partial charge in [-0.2, -0.15) is 0 Å². The molecule has 0 saturated heterocycles. The molecule has 0 saturated carbocycles. The number of hydrogen-bond donors (Lipinski definition) is 1. The summed E-state index contributed by atoms with van der Waals surface area (Å²) < 4.78 is 1.39. The molecule has 0 bridgehead atoms. The molecule has 0 spiro atoms. The lowest BCUT2D eigenvalue weighted by Gasteiger charge is -2.26. The monoisotopic (exact) mass is 434 g/mol. The third-order valence-corrected chi connectivity index (χ3v) is 5.40. The highest BCUT2D eigenvalue weighted by atomic mass is 35.5. The van der Waals surface area contributed by atoms with Crippen LogP contribution in [0, 0.1) is 0 Å². The predicted molar refractivity (Wildman–Crippen MR) is 114 cm³/mol. The molecule has 0 aliphatic carbocycles. The summed E-state index contributed by atoms with van der Waals surface area (Å²) in [6.07, 6.45) is 2.08. The highest BCUT2D eigenvalue weighted by molar-refractivity contribution is 6.35. The molecule has 0 fully saturated rings. The molecule has 9 heteroatoms. The number of nitrogens with zero attached hydrogens (tertiary/aromatic N) is 3. The number of aryl methyl sites for hydroxylation is 1. The van der Waals surface area contributed by atoms with E-state index in [1.165, 1.54) is 21.7 Å². The molecule has 0 radical (unpaired) electrons. The van der Waals surface area contributed by atoms with Crippen molar-refractivity contribution in [3.05, 3.63) is 72.5 Å². The Hall–Kier alpha value is -2.64. The van der Waals surface area contributed by atoms with Gasteiger partial charge in [0.15, 0.2) is 0 Å². The molecule has 152 valence electrons. The topological polar surface area (TPSA) is 88.1 Å². The van der Waals surface area contributed by atoms with Gasteiger partial charge in [-0.05, 0) is 37.1 Å². The zero-order valence-electron chi connectivity index (χ0n) is 16.2. The lowest BCUT2D eigenvalue weighted by Crippen LogP contribution is -2.32. The van der Waals surface area contributed by atoms with Crippen LogP contribution in [0.3, 0.4) is 0 Å². The van der Waals surface area contributed by atoms with Gasteiger partial charge < -0.3 is 4.90 Å². The number of rotatable bonds is 5. The fourth-order valence-corrected chi connectivity index (χ4v) is 3.71. The molecule has 29 heavy (non-hydrogen) atoms. The number of amides is 1. The van der Waals surface area contributed by atoms with Crippen LogP contribution < -0.4 is 11.2 Å². The summed E-state index contributed by atoms with van der Waals surface area (Å²) in [4.78, 5) is 45.3. The van der Waals surface area contributed by atoms with Crippen molar-refractivity contribution in [2.45, 2.75) is 32.9 Å². The van der Waals surface area contributed by atoms with Crippen molar-refractivity contribution >= 4 is 40.1 Å². The summed E-state index contributed by atoms with van der Waals surface area (Å²) in [5, 5.41) is 1.16. The average Bonchev–Trinajstić information content (AvgIpc) is 2.69. The Morgan fingerprint density at radius 2 is 2.00 bits per heavy atom. The van der Waals surface area contributed by atoms with E-state index in [9.17, 15) is 14.4 Å². The molecule has 3 rings (SSSR count). The first kappa shape index (κ1) is 21.1. The Labute approximate surface area is 176 Å². The first-order valence-electron chi connectivity index (χ1n) is 9.09. The number of fused-ring (bicyclic) bond motifs is 1. The smallest absolute Gasteiger partial charge is 0.329 e. The molecule has 1 aromatic carbocycles. The van der Waals surface area contributed by atoms with E-state index >= 15 is 0 Å². The third-order valence-electron chi connectivity index (χ3n) is 4.84. The van der Waals surface area contributed by atoms with Gasteiger partial charge in [-0.15, -0.1) is 0 Å². The molecule has 3 aromatic rings. The maximum atomic E-state index is 13.0. The molecular formula is C20H20Cl2N4O3. The fraction of sp³-hybridized carbons (Fsp3) is 0.300. The number of benzene rings is 1. The number of carbonyl (C=O) groups is 1. The molecular weight excluding hydrogens is 415 g/mol. The number of aromatic nitrogens is 3. The lowest BCUT2D eigenvalue weighted by molar-refractivity contribution is 0.0742. The maximum absolute atomic E-state index is 13.0. The summed E-state index contributed by atoms with van der Waals surface area (Å²) in [5.74, 6) is -0.328. The van der Waals surface area contributed by atoms with E-state index in [-0.39, 0.29) is 28.5 Å². The number of carbonyl (C=O) groups excluding carboxylic acids is 1. The predicted octanol–water partition coefficient (Wildman–Crippen LogP) is 3.63. The Bertz CT molecular complexity index is 1200. The summed E-state index contributed by atoms with van der Waals surface area (Å²) in [5.41, 5.74) is 0.156. The van der Waals surface area contributed by atoms with Gasteiger partial charge in [0.2, 0.25) is 0 Å². The minimum absolute atomic E-state index is 0.189. The van der Waals surface area contributed by atoms with Crippen molar-refractivity contribution in [3.63, 3.8) is 0 Å². The van der Waals surface area contributed by atoms with Crippen LogP contribution in [0.1, 0.15) is 42.2 Å². The van der Waals surface area contributed by atoms with E-state index in [4.69, 9.17) is 23.2 Å². The van der Waals surface area contributed by atoms with E-state index < -0.39 is 11.2 Å². The van der Waals surface area contributed by atoms with Crippen molar-refractivity contribution in [3.8, 4) is 0 Å². The number of H-pyrrole nitrogens is 1. The standard InChI is InChI=1S/C20H20Cl2N4O3/c1-4-7-26-17-15(18(27)24-20(26)29)8-12(10-23-17)19(28)25(3)11(2)14-6-5-13(21)9-16(14)22/h5-6,8-11H,4,7H2,1-3H3,(H,24,27,29). The first-order chi connectivity index (χ1) is 13.7. The molecule has 1 atom stereocenters. The van der Waals surface area contributed by atoms with Gasteiger partial charge in [-0.3, -0.25) is 19.1 Å². The highest BCUT2D eigenvalue weighted by Gasteiger charge is 2.22. The second-order valence-electron chi connectivity index (χ2n) is 6.76. The van der Waals surface area contributed by atoms with Crippen LogP contribution in [0.15, 0.2) is 40.1 Å². The van der Waals surface area contributed by atoms with Gasteiger partial charge in [0.25, 0.3) is 11.5 Å². The fourth-order valence-electron chi connectivity index (χ4n) is 3.14. The summed E-state index contributed by atoms with van der Waals surface area (Å²) in [6.45, 7) is 4.17. The van der Waals surface area contributed by atoms with Crippen LogP contribution in [0.4, 0.5) is 0 Å². The molecule has 2 aromatic heterocycles. The largest absolute Gasteiger partial charge is 0.335 e. The van der Waals surface area contributed by atoms with Crippen molar-refractivity contribution < 1.29 is 4.79 Å². The van der Waals surface area contributed by atoms with Crippen LogP contribution in [0.25, 0.3) is 11.0 Å².